The minimum absolute atomic E-state index is 0.0270. The molecule has 0 radical (unpaired) electrons. The largest absolute Gasteiger partial charge is 0.325 e. The Hall–Kier alpha value is -2.46. The van der Waals surface area contributed by atoms with E-state index >= 15 is 0 Å². The predicted molar refractivity (Wildman–Crippen MR) is 98.7 cm³/mol. The number of terminal acetylenes is 1. The molecule has 1 saturated carbocycles. The van der Waals surface area contributed by atoms with Crippen LogP contribution in [-0.2, 0) is 6.42 Å². The van der Waals surface area contributed by atoms with E-state index in [1.54, 1.807) is 12.1 Å². The van der Waals surface area contributed by atoms with Crippen molar-refractivity contribution in [1.29, 1.82) is 0 Å². The third-order valence-corrected chi connectivity index (χ3v) is 5.63. The van der Waals surface area contributed by atoms with Crippen LogP contribution in [0.5, 0.6) is 0 Å². The summed E-state index contributed by atoms with van der Waals surface area (Å²) < 4.78 is 14.9. The number of rotatable bonds is 2. The van der Waals surface area contributed by atoms with Crippen LogP contribution in [0.4, 0.5) is 9.18 Å². The lowest BCUT2D eigenvalue weighted by molar-refractivity contribution is 0.120. The molecule has 3 aliphatic rings. The fourth-order valence-corrected chi connectivity index (χ4v) is 3.69. The van der Waals surface area contributed by atoms with Gasteiger partial charge in [0, 0.05) is 31.5 Å². The zero-order valence-electron chi connectivity index (χ0n) is 14.9. The molecule has 1 aliphatic carbocycles. The number of nitrogens with zero attached hydrogens (tertiary/aromatic N) is 2. The first-order valence-electron chi connectivity index (χ1n) is 9.48. The summed E-state index contributed by atoms with van der Waals surface area (Å²) in [6, 6.07) is 5.26. The lowest BCUT2D eigenvalue weighted by atomic mass is 9.93. The lowest BCUT2D eigenvalue weighted by Gasteiger charge is -2.37. The molecule has 0 aromatic heterocycles. The van der Waals surface area contributed by atoms with Crippen molar-refractivity contribution in [2.24, 2.45) is 11.8 Å². The second kappa shape index (κ2) is 7.04. The zero-order chi connectivity index (χ0) is 18.1. The maximum absolute atomic E-state index is 14.9. The minimum Gasteiger partial charge on any atom is -0.325 e. The fourth-order valence-electron chi connectivity index (χ4n) is 3.69. The van der Waals surface area contributed by atoms with Gasteiger partial charge < -0.3 is 9.80 Å². The molecule has 2 aliphatic heterocycles. The Bertz CT molecular complexity index is 808. The summed E-state index contributed by atoms with van der Waals surface area (Å²) in [4.78, 5) is 16.4. The van der Waals surface area contributed by atoms with Crippen molar-refractivity contribution in [3.63, 3.8) is 0 Å². The Labute approximate surface area is 154 Å². The molecule has 4 heteroatoms. The SMILES string of the molecule is C#CC1CCN(C(=O)N2CCC2)C1Cc1cccc(C#CC2CC2)c1F. The van der Waals surface area contributed by atoms with Crippen molar-refractivity contribution in [2.75, 3.05) is 19.6 Å². The summed E-state index contributed by atoms with van der Waals surface area (Å²) in [7, 11) is 0. The van der Waals surface area contributed by atoms with Gasteiger partial charge in [0.15, 0.2) is 0 Å². The van der Waals surface area contributed by atoms with Gasteiger partial charge in [0.1, 0.15) is 5.82 Å². The fraction of sp³-hybridized carbons (Fsp3) is 0.500. The van der Waals surface area contributed by atoms with Gasteiger partial charge in [-0.15, -0.1) is 12.3 Å². The Morgan fingerprint density at radius 3 is 2.69 bits per heavy atom. The van der Waals surface area contributed by atoms with Crippen LogP contribution >= 0.6 is 0 Å². The van der Waals surface area contributed by atoms with Crippen molar-refractivity contribution >= 4 is 6.03 Å². The molecule has 2 amide bonds. The smallest absolute Gasteiger partial charge is 0.320 e. The standard InChI is InChI=1S/C22H23FN2O/c1-2-17-11-14-25(22(26)24-12-4-13-24)20(17)15-19-6-3-5-18(21(19)23)10-9-16-7-8-16/h1,3,5-6,16-17,20H,4,7-8,11-15H2. The molecule has 0 spiro atoms. The summed E-state index contributed by atoms with van der Waals surface area (Å²) in [5, 5.41) is 0. The zero-order valence-corrected chi connectivity index (χ0v) is 14.9. The predicted octanol–water partition coefficient (Wildman–Crippen LogP) is 3.28. The van der Waals surface area contributed by atoms with Gasteiger partial charge in [-0.3, -0.25) is 0 Å². The van der Waals surface area contributed by atoms with Gasteiger partial charge in [-0.2, -0.15) is 0 Å². The molecule has 4 rings (SSSR count). The average Bonchev–Trinajstić information content (AvgIpc) is 3.33. The monoisotopic (exact) mass is 350 g/mol. The molecule has 0 N–H and O–H groups in total. The molecule has 2 saturated heterocycles. The summed E-state index contributed by atoms with van der Waals surface area (Å²) >= 11 is 0. The van der Waals surface area contributed by atoms with E-state index in [1.807, 2.05) is 15.9 Å². The van der Waals surface area contributed by atoms with Crippen molar-refractivity contribution < 1.29 is 9.18 Å². The number of halogens is 1. The number of carbonyl (C=O) groups excluding carboxylic acids is 1. The third-order valence-electron chi connectivity index (χ3n) is 5.63. The van der Waals surface area contributed by atoms with Crippen LogP contribution in [0.15, 0.2) is 18.2 Å². The van der Waals surface area contributed by atoms with E-state index in [1.165, 1.54) is 0 Å². The second-order valence-corrected chi connectivity index (χ2v) is 7.47. The van der Waals surface area contributed by atoms with Crippen molar-refractivity contribution in [3.05, 3.63) is 35.1 Å². The molecule has 2 unspecified atom stereocenters. The minimum atomic E-state index is -0.264. The molecule has 0 bridgehead atoms. The van der Waals surface area contributed by atoms with Crippen LogP contribution in [0.1, 0.15) is 36.8 Å². The summed E-state index contributed by atoms with van der Waals surface area (Å²) in [5.74, 6) is 9.06. The van der Waals surface area contributed by atoms with Crippen LogP contribution < -0.4 is 0 Å². The number of benzene rings is 1. The van der Waals surface area contributed by atoms with E-state index < -0.39 is 0 Å². The Morgan fingerprint density at radius 1 is 1.23 bits per heavy atom. The van der Waals surface area contributed by atoms with Crippen molar-refractivity contribution in [2.45, 2.75) is 38.1 Å². The summed E-state index contributed by atoms with van der Waals surface area (Å²) in [6.07, 6.45) is 10.2. The highest BCUT2D eigenvalue weighted by Gasteiger charge is 2.39. The molecule has 3 nitrogen and oxygen atoms in total. The molecule has 134 valence electrons. The molecule has 1 aromatic rings. The Balaban J connectivity index is 1.55. The molecule has 1 aromatic carbocycles. The number of amides is 2. The molecule has 26 heavy (non-hydrogen) atoms. The first-order chi connectivity index (χ1) is 12.7. The van der Waals surface area contributed by atoms with Gasteiger partial charge in [0.2, 0.25) is 0 Å². The van der Waals surface area contributed by atoms with Gasteiger partial charge in [0.05, 0.1) is 11.6 Å². The topological polar surface area (TPSA) is 23.6 Å². The van der Waals surface area contributed by atoms with Crippen LogP contribution in [0, 0.1) is 41.8 Å². The van der Waals surface area contributed by atoms with Crippen LogP contribution in [0.25, 0.3) is 0 Å². The normalized spacial score (nSPS) is 24.5. The van der Waals surface area contributed by atoms with E-state index in [2.05, 4.69) is 17.8 Å². The van der Waals surface area contributed by atoms with Gasteiger partial charge in [-0.1, -0.05) is 24.0 Å². The van der Waals surface area contributed by atoms with Crippen LogP contribution in [0.2, 0.25) is 0 Å². The van der Waals surface area contributed by atoms with E-state index in [4.69, 9.17) is 6.42 Å². The van der Waals surface area contributed by atoms with Crippen molar-refractivity contribution in [1.82, 2.24) is 9.80 Å². The summed E-state index contributed by atoms with van der Waals surface area (Å²) in [6.45, 7) is 2.27. The second-order valence-electron chi connectivity index (χ2n) is 7.47. The van der Waals surface area contributed by atoms with Crippen LogP contribution in [0.3, 0.4) is 0 Å². The van der Waals surface area contributed by atoms with Gasteiger partial charge in [0.25, 0.3) is 0 Å². The number of hydrogen-bond donors (Lipinski definition) is 0. The van der Waals surface area contributed by atoms with Gasteiger partial charge in [-0.25, -0.2) is 9.18 Å². The van der Waals surface area contributed by atoms with Gasteiger partial charge in [-0.05, 0) is 43.7 Å². The van der Waals surface area contributed by atoms with Gasteiger partial charge >= 0.3 is 6.03 Å². The number of urea groups is 1. The van der Waals surface area contributed by atoms with Crippen LogP contribution in [-0.4, -0.2) is 41.5 Å². The molecule has 3 fully saturated rings. The first-order valence-corrected chi connectivity index (χ1v) is 9.48. The summed E-state index contributed by atoms with van der Waals surface area (Å²) in [5.41, 5.74) is 1.05. The molecule has 2 atom stereocenters. The number of carbonyl (C=O) groups is 1. The maximum Gasteiger partial charge on any atom is 0.320 e. The molecule has 2 heterocycles. The van der Waals surface area contributed by atoms with E-state index in [0.29, 0.717) is 30.0 Å². The average molecular weight is 350 g/mol. The molecular weight excluding hydrogens is 327 g/mol. The highest BCUT2D eigenvalue weighted by atomic mass is 19.1. The maximum atomic E-state index is 14.9. The molecular formula is C22H23FN2O. The first kappa shape index (κ1) is 17.0. The van der Waals surface area contributed by atoms with E-state index in [0.717, 1.165) is 38.8 Å². The van der Waals surface area contributed by atoms with E-state index in [9.17, 15) is 9.18 Å². The highest BCUT2D eigenvalue weighted by molar-refractivity contribution is 5.76. The van der Waals surface area contributed by atoms with Crippen molar-refractivity contribution in [3.8, 4) is 24.2 Å². The highest BCUT2D eigenvalue weighted by Crippen LogP contribution is 2.30. The Morgan fingerprint density at radius 2 is 2.04 bits per heavy atom. The lowest BCUT2D eigenvalue weighted by Crippen LogP contribution is -2.52. The third kappa shape index (κ3) is 3.29. The number of likely N-dealkylation sites (tertiary alicyclic amines) is 2. The quantitative estimate of drug-likeness (QED) is 0.751. The van der Waals surface area contributed by atoms with E-state index in [-0.39, 0.29) is 23.8 Å². The number of hydrogen-bond acceptors (Lipinski definition) is 1. The Kier molecular flexibility index (Phi) is 4.60.